The first kappa shape index (κ1) is 36.6. The Hall–Kier alpha value is 0.620. The largest absolute Gasteiger partial charge is 0.486 e. The van der Waals surface area contributed by atoms with E-state index in [2.05, 4.69) is 43.4 Å². The number of halogens is 1. The van der Waals surface area contributed by atoms with Gasteiger partial charge in [-0.05, 0) is 25.1 Å². The molecule has 0 fully saturated rings. The van der Waals surface area contributed by atoms with E-state index in [0.717, 1.165) is 11.7 Å². The molecule has 3 heteroatoms. The molecule has 0 spiro atoms. The van der Waals surface area contributed by atoms with Gasteiger partial charge in [0.05, 0.1) is 0 Å². The average Bonchev–Trinajstić information content (AvgIpc) is 2.87. The summed E-state index contributed by atoms with van der Waals surface area (Å²) in [7, 11) is 0. The van der Waals surface area contributed by atoms with E-state index >= 15 is 0 Å². The lowest BCUT2D eigenvalue weighted by molar-refractivity contribution is 0.288. The van der Waals surface area contributed by atoms with Crippen molar-refractivity contribution in [1.29, 1.82) is 0 Å². The van der Waals surface area contributed by atoms with E-state index in [-0.39, 0.29) is 0 Å². The molecule has 0 bridgehead atoms. The van der Waals surface area contributed by atoms with E-state index in [9.17, 15) is 0 Å². The SMILES string of the molecule is CCCCCCCCCCCCCCC(CCCCCCCCCCCCCC)C(=S)OCC(C)I. The highest BCUT2D eigenvalue weighted by Gasteiger charge is 2.16. The van der Waals surface area contributed by atoms with E-state index < -0.39 is 0 Å². The molecule has 0 N–H and O–H groups in total. The minimum atomic E-state index is 0.501. The molecule has 1 atom stereocenters. The third kappa shape index (κ3) is 27.6. The second kappa shape index (κ2) is 30.2. The highest BCUT2D eigenvalue weighted by molar-refractivity contribution is 14.1. The van der Waals surface area contributed by atoms with Crippen molar-refractivity contribution in [2.75, 3.05) is 6.61 Å². The van der Waals surface area contributed by atoms with Crippen molar-refractivity contribution in [1.82, 2.24) is 0 Å². The Morgan fingerprint density at radius 1 is 0.528 bits per heavy atom. The molecule has 0 saturated heterocycles. The van der Waals surface area contributed by atoms with E-state index in [1.807, 2.05) is 0 Å². The zero-order valence-corrected chi connectivity index (χ0v) is 27.9. The van der Waals surface area contributed by atoms with Crippen molar-refractivity contribution < 1.29 is 4.74 Å². The number of ether oxygens (including phenoxy) is 1. The van der Waals surface area contributed by atoms with Crippen molar-refractivity contribution in [2.24, 2.45) is 5.92 Å². The van der Waals surface area contributed by atoms with Crippen LogP contribution in [-0.2, 0) is 4.74 Å². The molecule has 0 aromatic carbocycles. The van der Waals surface area contributed by atoms with Gasteiger partial charge in [0, 0.05) is 9.84 Å². The summed E-state index contributed by atoms with van der Waals surface area (Å²) in [5.74, 6) is 0.501. The molecule has 0 saturated carbocycles. The highest BCUT2D eigenvalue weighted by atomic mass is 127. The van der Waals surface area contributed by atoms with Gasteiger partial charge in [0.25, 0.3) is 0 Å². The Kier molecular flexibility index (Phi) is 30.7. The summed E-state index contributed by atoms with van der Waals surface area (Å²) in [5.41, 5.74) is 0. The third-order valence-corrected chi connectivity index (χ3v) is 8.41. The second-order valence-electron chi connectivity index (χ2n) is 11.5. The van der Waals surface area contributed by atoms with Gasteiger partial charge in [-0.2, -0.15) is 0 Å². The maximum absolute atomic E-state index is 6.00. The van der Waals surface area contributed by atoms with Crippen LogP contribution in [0, 0.1) is 5.92 Å². The van der Waals surface area contributed by atoms with Crippen LogP contribution in [0.1, 0.15) is 188 Å². The zero-order valence-electron chi connectivity index (χ0n) is 24.9. The zero-order chi connectivity index (χ0) is 26.5. The lowest BCUT2D eigenvalue weighted by Crippen LogP contribution is -2.19. The average molecular weight is 637 g/mol. The molecule has 0 radical (unpaired) electrons. The first-order valence-corrected chi connectivity index (χ1v) is 18.1. The molecule has 216 valence electrons. The van der Waals surface area contributed by atoms with Crippen LogP contribution in [0.3, 0.4) is 0 Å². The third-order valence-electron chi connectivity index (χ3n) is 7.60. The summed E-state index contributed by atoms with van der Waals surface area (Å²) < 4.78 is 6.53. The van der Waals surface area contributed by atoms with Gasteiger partial charge >= 0.3 is 0 Å². The molecule has 0 amide bonds. The summed E-state index contributed by atoms with van der Waals surface area (Å²) in [6, 6.07) is 0. The molecule has 0 aliphatic heterocycles. The fraction of sp³-hybridized carbons (Fsp3) is 0.970. The predicted octanol–water partition coefficient (Wildman–Crippen LogP) is 13.0. The number of hydrogen-bond donors (Lipinski definition) is 0. The minimum absolute atomic E-state index is 0.501. The van der Waals surface area contributed by atoms with E-state index in [1.54, 1.807) is 0 Å². The highest BCUT2D eigenvalue weighted by Crippen LogP contribution is 2.22. The number of alkyl halides is 1. The van der Waals surface area contributed by atoms with Crippen molar-refractivity contribution >= 4 is 39.9 Å². The standard InChI is InChI=1S/C33H65IOS/c1-4-6-8-10-12-14-16-18-20-22-24-26-28-32(33(36)35-30-31(3)34)29-27-25-23-21-19-17-15-13-11-9-7-5-2/h31-32H,4-30H2,1-3H3. The smallest absolute Gasteiger partial charge is 0.162 e. The van der Waals surface area contributed by atoms with E-state index in [4.69, 9.17) is 17.0 Å². The molecular weight excluding hydrogens is 571 g/mol. The van der Waals surface area contributed by atoms with Crippen LogP contribution in [0.4, 0.5) is 0 Å². The molecule has 1 nitrogen and oxygen atoms in total. The van der Waals surface area contributed by atoms with Gasteiger partial charge in [-0.3, -0.25) is 0 Å². The maximum Gasteiger partial charge on any atom is 0.162 e. The maximum atomic E-state index is 6.00. The molecule has 1 unspecified atom stereocenters. The lowest BCUT2D eigenvalue weighted by Gasteiger charge is -2.19. The summed E-state index contributed by atoms with van der Waals surface area (Å²) >= 11 is 8.18. The van der Waals surface area contributed by atoms with Crippen molar-refractivity contribution in [3.63, 3.8) is 0 Å². The monoisotopic (exact) mass is 636 g/mol. The summed E-state index contributed by atoms with van der Waals surface area (Å²) in [6.45, 7) is 7.57. The molecule has 0 heterocycles. The normalized spacial score (nSPS) is 12.4. The van der Waals surface area contributed by atoms with Crippen molar-refractivity contribution in [3.8, 4) is 0 Å². The fourth-order valence-corrected chi connectivity index (χ4v) is 5.64. The molecule has 0 aliphatic carbocycles. The quantitative estimate of drug-likeness (QED) is 0.0350. The van der Waals surface area contributed by atoms with E-state index in [0.29, 0.717) is 9.84 Å². The molecule has 0 aromatic rings. The Bertz CT molecular complexity index is 411. The first-order valence-electron chi connectivity index (χ1n) is 16.4. The number of thiocarbonyl (C=S) groups is 1. The van der Waals surface area contributed by atoms with Crippen molar-refractivity contribution in [2.45, 2.75) is 192 Å². The minimum Gasteiger partial charge on any atom is -0.486 e. The van der Waals surface area contributed by atoms with Crippen LogP contribution in [0.2, 0.25) is 0 Å². The first-order chi connectivity index (χ1) is 17.6. The number of unbranched alkanes of at least 4 members (excludes halogenated alkanes) is 22. The van der Waals surface area contributed by atoms with Crippen LogP contribution in [0.25, 0.3) is 0 Å². The van der Waals surface area contributed by atoms with E-state index in [1.165, 1.54) is 167 Å². The van der Waals surface area contributed by atoms with Crippen molar-refractivity contribution in [3.05, 3.63) is 0 Å². The number of hydrogen-bond acceptors (Lipinski definition) is 2. The molecule has 36 heavy (non-hydrogen) atoms. The van der Waals surface area contributed by atoms with Gasteiger partial charge in [0.1, 0.15) is 6.61 Å². The lowest BCUT2D eigenvalue weighted by atomic mass is 9.94. The Balaban J connectivity index is 3.84. The van der Waals surface area contributed by atoms with Gasteiger partial charge in [0.15, 0.2) is 5.05 Å². The van der Waals surface area contributed by atoms with Crippen LogP contribution >= 0.6 is 34.8 Å². The van der Waals surface area contributed by atoms with Gasteiger partial charge in [0.2, 0.25) is 0 Å². The van der Waals surface area contributed by atoms with Crippen LogP contribution in [0.15, 0.2) is 0 Å². The number of rotatable bonds is 29. The van der Waals surface area contributed by atoms with Crippen LogP contribution < -0.4 is 0 Å². The van der Waals surface area contributed by atoms with Crippen LogP contribution in [-0.4, -0.2) is 15.6 Å². The predicted molar refractivity (Wildman–Crippen MR) is 177 cm³/mol. The summed E-state index contributed by atoms with van der Waals surface area (Å²) in [5, 5.41) is 0.907. The Morgan fingerprint density at radius 2 is 0.806 bits per heavy atom. The second-order valence-corrected chi connectivity index (χ2v) is 14.0. The Morgan fingerprint density at radius 3 is 1.08 bits per heavy atom. The molecule has 0 aliphatic rings. The molecular formula is C33H65IOS. The topological polar surface area (TPSA) is 9.23 Å². The van der Waals surface area contributed by atoms with Gasteiger partial charge in [-0.15, -0.1) is 0 Å². The Labute approximate surface area is 247 Å². The molecule has 0 rings (SSSR count). The van der Waals surface area contributed by atoms with Gasteiger partial charge < -0.3 is 4.74 Å². The summed E-state index contributed by atoms with van der Waals surface area (Å²) in [6.07, 6.45) is 36.4. The summed E-state index contributed by atoms with van der Waals surface area (Å²) in [4.78, 5) is 0. The van der Waals surface area contributed by atoms with Gasteiger partial charge in [-0.25, -0.2) is 0 Å². The molecule has 0 aromatic heterocycles. The van der Waals surface area contributed by atoms with Crippen LogP contribution in [0.5, 0.6) is 0 Å². The fourth-order valence-electron chi connectivity index (χ4n) is 5.16. The van der Waals surface area contributed by atoms with Gasteiger partial charge in [-0.1, -0.05) is 197 Å².